The van der Waals surface area contributed by atoms with Crippen LogP contribution in [0.15, 0.2) is 24.4 Å². The smallest absolute Gasteiger partial charge is 0.149 e. The minimum atomic E-state index is -0.211. The van der Waals surface area contributed by atoms with Crippen molar-refractivity contribution in [1.82, 2.24) is 15.0 Å². The molecule has 0 saturated heterocycles. The zero-order valence-corrected chi connectivity index (χ0v) is 9.24. The second-order valence-corrected chi connectivity index (χ2v) is 3.64. The molecule has 0 fully saturated rings. The number of nitrogens with zero attached hydrogens (tertiary/aromatic N) is 3. The average Bonchev–Trinajstić information content (AvgIpc) is 2.67. The van der Waals surface area contributed by atoms with E-state index in [4.69, 9.17) is 0 Å². The summed E-state index contributed by atoms with van der Waals surface area (Å²) < 4.78 is 15.3. The number of hydrogen-bond acceptors (Lipinski definition) is 3. The fourth-order valence-corrected chi connectivity index (χ4v) is 1.44. The largest absolute Gasteiger partial charge is 0.377 e. The quantitative estimate of drug-likeness (QED) is 0.858. The summed E-state index contributed by atoms with van der Waals surface area (Å²) in [7, 11) is 1.80. The van der Waals surface area contributed by atoms with Gasteiger partial charge in [0.15, 0.2) is 0 Å². The molecule has 1 heterocycles. The molecule has 4 nitrogen and oxygen atoms in total. The van der Waals surface area contributed by atoms with Crippen LogP contribution in [-0.2, 0) is 13.6 Å². The maximum Gasteiger partial charge on any atom is 0.149 e. The Morgan fingerprint density at radius 3 is 2.94 bits per heavy atom. The van der Waals surface area contributed by atoms with Crippen LogP contribution >= 0.6 is 0 Å². The Morgan fingerprint density at radius 2 is 2.25 bits per heavy atom. The van der Waals surface area contributed by atoms with Gasteiger partial charge in [0.1, 0.15) is 5.82 Å². The van der Waals surface area contributed by atoms with Crippen LogP contribution in [0, 0.1) is 12.7 Å². The van der Waals surface area contributed by atoms with Gasteiger partial charge in [-0.15, -0.1) is 5.10 Å². The Hall–Kier alpha value is -1.91. The van der Waals surface area contributed by atoms with Crippen molar-refractivity contribution >= 4 is 5.69 Å². The first-order valence-corrected chi connectivity index (χ1v) is 5.01. The van der Waals surface area contributed by atoms with E-state index < -0.39 is 0 Å². The summed E-state index contributed by atoms with van der Waals surface area (Å²) in [6.07, 6.45) is 1.65. The van der Waals surface area contributed by atoms with Gasteiger partial charge in [-0.25, -0.2) is 4.39 Å². The number of aryl methyl sites for hydroxylation is 2. The summed E-state index contributed by atoms with van der Waals surface area (Å²) >= 11 is 0. The number of rotatable bonds is 3. The van der Waals surface area contributed by atoms with Crippen LogP contribution in [0.3, 0.4) is 0 Å². The van der Waals surface area contributed by atoms with Crippen molar-refractivity contribution < 1.29 is 4.39 Å². The van der Waals surface area contributed by atoms with Gasteiger partial charge in [-0.3, -0.25) is 4.68 Å². The second-order valence-electron chi connectivity index (χ2n) is 3.64. The standard InChI is InChI=1S/C11H13FN4/c1-8-4-3-5-10(11(8)12)13-6-9-7-14-15-16(9)2/h3-5,7,13H,6H2,1-2H3. The van der Waals surface area contributed by atoms with Gasteiger partial charge in [0.05, 0.1) is 24.1 Å². The van der Waals surface area contributed by atoms with Crippen LogP contribution in [0.5, 0.6) is 0 Å². The van der Waals surface area contributed by atoms with Gasteiger partial charge in [-0.2, -0.15) is 0 Å². The molecular formula is C11H13FN4. The van der Waals surface area contributed by atoms with Crippen molar-refractivity contribution in [2.75, 3.05) is 5.32 Å². The number of benzene rings is 1. The molecule has 0 aliphatic heterocycles. The predicted octanol–water partition coefficient (Wildman–Crippen LogP) is 1.87. The Kier molecular flexibility index (Phi) is 2.85. The molecule has 1 aromatic carbocycles. The molecule has 2 rings (SSSR count). The van der Waals surface area contributed by atoms with Crippen molar-refractivity contribution in [1.29, 1.82) is 0 Å². The summed E-state index contributed by atoms with van der Waals surface area (Å²) in [6, 6.07) is 5.28. The van der Waals surface area contributed by atoms with Crippen molar-refractivity contribution in [3.8, 4) is 0 Å². The third kappa shape index (κ3) is 2.03. The molecule has 0 amide bonds. The molecule has 0 radical (unpaired) electrons. The summed E-state index contributed by atoms with van der Waals surface area (Å²) in [5.74, 6) is -0.211. The predicted molar refractivity (Wildman–Crippen MR) is 59.5 cm³/mol. The molecule has 0 unspecified atom stereocenters. The fraction of sp³-hybridized carbons (Fsp3) is 0.273. The van der Waals surface area contributed by atoms with Gasteiger partial charge >= 0.3 is 0 Å². The van der Waals surface area contributed by atoms with E-state index in [1.165, 1.54) is 0 Å². The highest BCUT2D eigenvalue weighted by atomic mass is 19.1. The van der Waals surface area contributed by atoms with Crippen molar-refractivity contribution in [3.05, 3.63) is 41.5 Å². The minimum Gasteiger partial charge on any atom is -0.377 e. The number of aromatic nitrogens is 3. The molecule has 0 bridgehead atoms. The van der Waals surface area contributed by atoms with Gasteiger partial charge in [0.25, 0.3) is 0 Å². The molecule has 0 atom stereocenters. The third-order valence-electron chi connectivity index (χ3n) is 2.46. The number of hydrogen-bond donors (Lipinski definition) is 1. The SMILES string of the molecule is Cc1cccc(NCc2cnnn2C)c1F. The molecule has 0 saturated carbocycles. The first-order chi connectivity index (χ1) is 7.68. The van der Waals surface area contributed by atoms with E-state index in [0.29, 0.717) is 17.8 Å². The van der Waals surface area contributed by atoms with Crippen LogP contribution in [-0.4, -0.2) is 15.0 Å². The third-order valence-corrected chi connectivity index (χ3v) is 2.46. The van der Waals surface area contributed by atoms with E-state index in [0.717, 1.165) is 5.69 Å². The normalized spacial score (nSPS) is 10.4. The topological polar surface area (TPSA) is 42.7 Å². The van der Waals surface area contributed by atoms with Gasteiger partial charge < -0.3 is 5.32 Å². The maximum absolute atomic E-state index is 13.6. The van der Waals surface area contributed by atoms with Crippen LogP contribution < -0.4 is 5.32 Å². The van der Waals surface area contributed by atoms with E-state index >= 15 is 0 Å². The molecule has 2 aromatic rings. The monoisotopic (exact) mass is 220 g/mol. The first-order valence-electron chi connectivity index (χ1n) is 5.01. The molecule has 1 aromatic heterocycles. The van der Waals surface area contributed by atoms with Crippen molar-refractivity contribution in [2.45, 2.75) is 13.5 Å². The van der Waals surface area contributed by atoms with E-state index in [2.05, 4.69) is 15.6 Å². The minimum absolute atomic E-state index is 0.211. The zero-order valence-electron chi connectivity index (χ0n) is 9.24. The van der Waals surface area contributed by atoms with Crippen molar-refractivity contribution in [3.63, 3.8) is 0 Å². The summed E-state index contributed by atoms with van der Waals surface area (Å²) in [5.41, 5.74) is 2.04. The lowest BCUT2D eigenvalue weighted by Crippen LogP contribution is -2.06. The highest BCUT2D eigenvalue weighted by Gasteiger charge is 2.05. The first kappa shape index (κ1) is 10.6. The maximum atomic E-state index is 13.6. The number of anilines is 1. The van der Waals surface area contributed by atoms with Crippen LogP contribution in [0.2, 0.25) is 0 Å². The Labute approximate surface area is 93.1 Å². The van der Waals surface area contributed by atoms with Gasteiger partial charge in [-0.05, 0) is 18.6 Å². The van der Waals surface area contributed by atoms with Gasteiger partial charge in [0.2, 0.25) is 0 Å². The molecule has 0 spiro atoms. The summed E-state index contributed by atoms with van der Waals surface area (Å²) in [4.78, 5) is 0. The van der Waals surface area contributed by atoms with Crippen LogP contribution in [0.1, 0.15) is 11.3 Å². The molecule has 1 N–H and O–H groups in total. The second kappa shape index (κ2) is 4.30. The van der Waals surface area contributed by atoms with E-state index in [9.17, 15) is 4.39 Å². The highest BCUT2D eigenvalue weighted by molar-refractivity contribution is 5.47. The van der Waals surface area contributed by atoms with Gasteiger partial charge in [0, 0.05) is 7.05 Å². The molecule has 84 valence electrons. The molecule has 16 heavy (non-hydrogen) atoms. The lowest BCUT2D eigenvalue weighted by atomic mass is 10.2. The van der Waals surface area contributed by atoms with E-state index in [1.54, 1.807) is 37.0 Å². The van der Waals surface area contributed by atoms with Gasteiger partial charge in [-0.1, -0.05) is 17.3 Å². The molecule has 5 heteroatoms. The lowest BCUT2D eigenvalue weighted by Gasteiger charge is -2.08. The van der Waals surface area contributed by atoms with Crippen LogP contribution in [0.25, 0.3) is 0 Å². The Bertz CT molecular complexity index is 492. The van der Waals surface area contributed by atoms with E-state index in [-0.39, 0.29) is 5.82 Å². The van der Waals surface area contributed by atoms with Crippen molar-refractivity contribution in [2.24, 2.45) is 7.05 Å². The summed E-state index contributed by atoms with van der Waals surface area (Å²) in [5, 5.41) is 10.6. The zero-order chi connectivity index (χ0) is 11.5. The fourth-order valence-electron chi connectivity index (χ4n) is 1.44. The lowest BCUT2D eigenvalue weighted by molar-refractivity contribution is 0.619. The summed E-state index contributed by atoms with van der Waals surface area (Å²) in [6.45, 7) is 2.25. The Morgan fingerprint density at radius 1 is 1.44 bits per heavy atom. The Balaban J connectivity index is 2.11. The molecule has 0 aliphatic rings. The molecular weight excluding hydrogens is 207 g/mol. The van der Waals surface area contributed by atoms with Crippen LogP contribution in [0.4, 0.5) is 10.1 Å². The number of halogens is 1. The van der Waals surface area contributed by atoms with E-state index in [1.807, 2.05) is 6.07 Å². The molecule has 0 aliphatic carbocycles. The number of nitrogens with one attached hydrogen (secondary N) is 1. The average molecular weight is 220 g/mol. The highest BCUT2D eigenvalue weighted by Crippen LogP contribution is 2.17.